The Labute approximate surface area is 138 Å². The van der Waals surface area contributed by atoms with Gasteiger partial charge in [0.05, 0.1) is 22.0 Å². The van der Waals surface area contributed by atoms with Crippen molar-refractivity contribution in [3.05, 3.63) is 40.7 Å². The molecule has 0 radical (unpaired) electrons. The molecule has 6 heteroatoms. The van der Waals surface area contributed by atoms with E-state index in [-0.39, 0.29) is 5.41 Å². The summed E-state index contributed by atoms with van der Waals surface area (Å²) in [6.07, 6.45) is 0. The minimum Gasteiger partial charge on any atom is -0.276 e. The molecule has 126 valence electrons. The molecule has 0 unspecified atom stereocenters. The first-order valence-corrected chi connectivity index (χ1v) is 9.06. The first-order valence-electron chi connectivity index (χ1n) is 7.57. The van der Waals surface area contributed by atoms with Crippen LogP contribution in [0, 0.1) is 20.8 Å². The Balaban J connectivity index is 2.52. The molecule has 23 heavy (non-hydrogen) atoms. The van der Waals surface area contributed by atoms with Gasteiger partial charge in [-0.3, -0.25) is 9.40 Å². The normalized spacial score (nSPS) is 12.5. The average Bonchev–Trinajstić information content (AvgIpc) is 2.64. The van der Waals surface area contributed by atoms with Crippen LogP contribution in [-0.2, 0) is 22.5 Å². The maximum Gasteiger partial charge on any atom is 0.262 e. The molecule has 0 saturated heterocycles. The van der Waals surface area contributed by atoms with E-state index in [9.17, 15) is 8.42 Å². The van der Waals surface area contributed by atoms with Gasteiger partial charge in [0.2, 0.25) is 0 Å². The minimum atomic E-state index is -3.66. The average molecular weight is 335 g/mol. The largest absolute Gasteiger partial charge is 0.276 e. The van der Waals surface area contributed by atoms with E-state index >= 15 is 0 Å². The van der Waals surface area contributed by atoms with Crippen molar-refractivity contribution in [1.82, 2.24) is 9.78 Å². The van der Waals surface area contributed by atoms with Crippen LogP contribution in [0.1, 0.15) is 43.3 Å². The van der Waals surface area contributed by atoms with Gasteiger partial charge in [-0.05, 0) is 43.4 Å². The van der Waals surface area contributed by atoms with Crippen molar-refractivity contribution >= 4 is 15.7 Å². The maximum atomic E-state index is 12.9. The van der Waals surface area contributed by atoms with Crippen LogP contribution in [0.15, 0.2) is 23.1 Å². The Bertz CT molecular complexity index is 843. The number of nitrogens with zero attached hydrogens (tertiary/aromatic N) is 2. The second-order valence-corrected chi connectivity index (χ2v) is 8.66. The highest BCUT2D eigenvalue weighted by molar-refractivity contribution is 7.92. The molecular weight excluding hydrogens is 310 g/mol. The van der Waals surface area contributed by atoms with Crippen molar-refractivity contribution < 1.29 is 8.42 Å². The van der Waals surface area contributed by atoms with Crippen molar-refractivity contribution in [3.8, 4) is 0 Å². The zero-order valence-corrected chi connectivity index (χ0v) is 15.7. The Kier molecular flexibility index (Phi) is 4.32. The summed E-state index contributed by atoms with van der Waals surface area (Å²) in [5.41, 5.74) is 3.60. The number of hydrogen-bond donors (Lipinski definition) is 1. The lowest BCUT2D eigenvalue weighted by atomic mass is 9.87. The van der Waals surface area contributed by atoms with Crippen molar-refractivity contribution in [2.75, 3.05) is 4.72 Å². The topological polar surface area (TPSA) is 64.0 Å². The molecule has 1 N–H and O–H groups in total. The maximum absolute atomic E-state index is 12.9. The van der Waals surface area contributed by atoms with Crippen LogP contribution < -0.4 is 4.72 Å². The van der Waals surface area contributed by atoms with Gasteiger partial charge >= 0.3 is 0 Å². The summed E-state index contributed by atoms with van der Waals surface area (Å²) in [6, 6.07) is 5.60. The van der Waals surface area contributed by atoms with Crippen molar-refractivity contribution in [2.45, 2.75) is 51.9 Å². The van der Waals surface area contributed by atoms with E-state index in [1.54, 1.807) is 24.7 Å². The highest BCUT2D eigenvalue weighted by Crippen LogP contribution is 2.29. The van der Waals surface area contributed by atoms with Gasteiger partial charge in [0, 0.05) is 7.05 Å². The van der Waals surface area contributed by atoms with Gasteiger partial charge in [0.1, 0.15) is 0 Å². The van der Waals surface area contributed by atoms with Crippen molar-refractivity contribution in [1.29, 1.82) is 0 Å². The molecule has 0 spiro atoms. The monoisotopic (exact) mass is 335 g/mol. The van der Waals surface area contributed by atoms with Gasteiger partial charge in [-0.2, -0.15) is 5.10 Å². The molecule has 1 heterocycles. The molecule has 0 amide bonds. The summed E-state index contributed by atoms with van der Waals surface area (Å²) in [5, 5.41) is 4.26. The number of aryl methyl sites for hydroxylation is 3. The summed E-state index contributed by atoms with van der Waals surface area (Å²) >= 11 is 0. The Morgan fingerprint density at radius 1 is 1.13 bits per heavy atom. The van der Waals surface area contributed by atoms with Gasteiger partial charge in [-0.25, -0.2) is 8.42 Å². The Hall–Kier alpha value is -1.82. The number of anilines is 1. The van der Waals surface area contributed by atoms with E-state index in [2.05, 4.69) is 30.6 Å². The highest BCUT2D eigenvalue weighted by Gasteiger charge is 2.23. The summed E-state index contributed by atoms with van der Waals surface area (Å²) in [4.78, 5) is 0.313. The van der Waals surface area contributed by atoms with Crippen LogP contribution in [0.4, 0.5) is 5.69 Å². The van der Waals surface area contributed by atoms with Crippen LogP contribution in [0.3, 0.4) is 0 Å². The molecule has 0 saturated carbocycles. The van der Waals surface area contributed by atoms with Gasteiger partial charge in [-0.15, -0.1) is 0 Å². The van der Waals surface area contributed by atoms with E-state index in [4.69, 9.17) is 0 Å². The molecule has 5 nitrogen and oxygen atoms in total. The molecule has 0 atom stereocenters. The van der Waals surface area contributed by atoms with Crippen molar-refractivity contribution in [2.24, 2.45) is 7.05 Å². The van der Waals surface area contributed by atoms with Crippen LogP contribution in [0.25, 0.3) is 0 Å². The van der Waals surface area contributed by atoms with E-state index in [0.717, 1.165) is 16.8 Å². The van der Waals surface area contributed by atoms with Gasteiger partial charge in [0.25, 0.3) is 10.0 Å². The fraction of sp³-hybridized carbons (Fsp3) is 0.471. The molecule has 2 rings (SSSR count). The van der Waals surface area contributed by atoms with E-state index in [1.165, 1.54) is 0 Å². The van der Waals surface area contributed by atoms with Crippen molar-refractivity contribution in [3.63, 3.8) is 0 Å². The molecule has 1 aromatic heterocycles. The van der Waals surface area contributed by atoms with Crippen LogP contribution in [-0.4, -0.2) is 18.2 Å². The summed E-state index contributed by atoms with van der Waals surface area (Å²) in [6.45, 7) is 11.6. The summed E-state index contributed by atoms with van der Waals surface area (Å²) in [5.74, 6) is 0. The van der Waals surface area contributed by atoms with E-state index < -0.39 is 10.0 Å². The second-order valence-electron chi connectivity index (χ2n) is 7.01. The van der Waals surface area contributed by atoms with Crippen LogP contribution in [0.2, 0.25) is 0 Å². The zero-order chi connectivity index (χ0) is 17.6. The third-order valence-corrected chi connectivity index (χ3v) is 5.58. The second kappa shape index (κ2) is 5.67. The predicted molar refractivity (Wildman–Crippen MR) is 93.4 cm³/mol. The van der Waals surface area contributed by atoms with Crippen LogP contribution in [0.5, 0.6) is 0 Å². The number of hydrogen-bond acceptors (Lipinski definition) is 3. The fourth-order valence-electron chi connectivity index (χ4n) is 2.47. The van der Waals surface area contributed by atoms with E-state index in [0.29, 0.717) is 16.3 Å². The standard InChI is InChI=1S/C17H25N3O2S/c1-11-8-9-14(17(4,5)6)10-15(11)23(21,22)19-16-12(2)18-20(7)13(16)3/h8-10,19H,1-7H3. The van der Waals surface area contributed by atoms with Gasteiger partial charge in [-0.1, -0.05) is 32.9 Å². The molecule has 1 aromatic carbocycles. The molecular formula is C17H25N3O2S. The number of benzene rings is 1. The van der Waals surface area contributed by atoms with Gasteiger partial charge in [0.15, 0.2) is 0 Å². The first kappa shape index (κ1) is 17.5. The molecule has 0 aliphatic carbocycles. The fourth-order valence-corrected chi connectivity index (χ4v) is 3.91. The number of aromatic nitrogens is 2. The molecule has 0 aliphatic heterocycles. The van der Waals surface area contributed by atoms with Gasteiger partial charge < -0.3 is 0 Å². The quantitative estimate of drug-likeness (QED) is 0.934. The predicted octanol–water partition coefficient (Wildman–Crippen LogP) is 3.44. The summed E-state index contributed by atoms with van der Waals surface area (Å²) in [7, 11) is -1.86. The lowest BCUT2D eigenvalue weighted by Gasteiger charge is -2.21. The van der Waals surface area contributed by atoms with Crippen LogP contribution >= 0.6 is 0 Å². The lowest BCUT2D eigenvalue weighted by molar-refractivity contribution is 0.584. The SMILES string of the molecule is Cc1ccc(C(C)(C)C)cc1S(=O)(=O)Nc1c(C)nn(C)c1C. The molecule has 0 bridgehead atoms. The zero-order valence-electron chi connectivity index (χ0n) is 14.9. The number of rotatable bonds is 3. The molecule has 0 aliphatic rings. The molecule has 0 fully saturated rings. The summed E-state index contributed by atoms with van der Waals surface area (Å²) < 4.78 is 30.1. The minimum absolute atomic E-state index is 0.113. The van der Waals surface area contributed by atoms with E-state index in [1.807, 2.05) is 26.0 Å². The number of sulfonamides is 1. The first-order chi connectivity index (χ1) is 10.4. The Morgan fingerprint density at radius 2 is 1.74 bits per heavy atom. The smallest absolute Gasteiger partial charge is 0.262 e. The lowest BCUT2D eigenvalue weighted by Crippen LogP contribution is -2.18. The Morgan fingerprint density at radius 3 is 2.22 bits per heavy atom. The third-order valence-electron chi connectivity index (χ3n) is 4.09. The molecule has 2 aromatic rings. The highest BCUT2D eigenvalue weighted by atomic mass is 32.2. The number of nitrogens with one attached hydrogen (secondary N) is 1. The third kappa shape index (κ3) is 3.42.